The Morgan fingerprint density at radius 2 is 1.77 bits per heavy atom. The van der Waals surface area contributed by atoms with Crippen molar-refractivity contribution in [3.05, 3.63) is 29.8 Å². The van der Waals surface area contributed by atoms with Crippen LogP contribution in [0.25, 0.3) is 0 Å². The summed E-state index contributed by atoms with van der Waals surface area (Å²) >= 11 is 0. The van der Waals surface area contributed by atoms with Gasteiger partial charge in [-0.3, -0.25) is 4.79 Å². The van der Waals surface area contributed by atoms with Gasteiger partial charge in [0.15, 0.2) is 5.96 Å². The molecule has 168 valence electrons. The molecule has 0 heterocycles. The molecule has 2 rings (SSSR count). The Bertz CT molecular complexity index is 842. The van der Waals surface area contributed by atoms with Crippen LogP contribution in [0.1, 0.15) is 45.1 Å². The third-order valence-electron chi connectivity index (χ3n) is 5.75. The zero-order valence-electron chi connectivity index (χ0n) is 18.4. The summed E-state index contributed by atoms with van der Waals surface area (Å²) in [6.07, 6.45) is 5.09. The molecule has 1 fully saturated rings. The molecule has 1 amide bonds. The summed E-state index contributed by atoms with van der Waals surface area (Å²) < 4.78 is 22.8. The molecule has 1 aromatic carbocycles. The number of benzene rings is 1. The molecule has 9 heteroatoms. The highest BCUT2D eigenvalue weighted by molar-refractivity contribution is 7.89. The van der Waals surface area contributed by atoms with Crippen molar-refractivity contribution in [2.45, 2.75) is 51.0 Å². The van der Waals surface area contributed by atoms with Crippen molar-refractivity contribution >= 4 is 21.9 Å². The van der Waals surface area contributed by atoms with E-state index in [-0.39, 0.29) is 22.8 Å². The van der Waals surface area contributed by atoms with Crippen molar-refractivity contribution in [3.63, 3.8) is 0 Å². The summed E-state index contributed by atoms with van der Waals surface area (Å²) in [5.74, 6) is 1.20. The van der Waals surface area contributed by atoms with Gasteiger partial charge in [-0.1, -0.05) is 38.8 Å². The first kappa shape index (κ1) is 24.1. The maximum Gasteiger partial charge on any atom is 0.241 e. The Labute approximate surface area is 180 Å². The van der Waals surface area contributed by atoms with Crippen LogP contribution in [0.2, 0.25) is 0 Å². The Morgan fingerprint density at radius 1 is 1.17 bits per heavy atom. The number of aliphatic imine (C=N–C) groups is 1. The van der Waals surface area contributed by atoms with Gasteiger partial charge in [-0.25, -0.2) is 18.5 Å². The highest BCUT2D eigenvalue weighted by Gasteiger charge is 2.31. The smallest absolute Gasteiger partial charge is 0.241 e. The molecular weight excluding hydrogens is 402 g/mol. The van der Waals surface area contributed by atoms with E-state index in [1.165, 1.54) is 42.7 Å². The zero-order valence-corrected chi connectivity index (χ0v) is 19.3. The molecule has 1 saturated carbocycles. The van der Waals surface area contributed by atoms with Gasteiger partial charge in [0.1, 0.15) is 0 Å². The fourth-order valence-electron chi connectivity index (χ4n) is 3.61. The van der Waals surface area contributed by atoms with Crippen molar-refractivity contribution in [1.29, 1.82) is 0 Å². The molecule has 0 saturated heterocycles. The Hall–Kier alpha value is -2.13. The number of hydrogen-bond acceptors (Lipinski definition) is 4. The number of nitrogens with one attached hydrogen (secondary N) is 2. The molecule has 0 radical (unpaired) electrons. The molecule has 8 nitrogen and oxygen atoms in total. The van der Waals surface area contributed by atoms with Gasteiger partial charge >= 0.3 is 0 Å². The van der Waals surface area contributed by atoms with Gasteiger partial charge < -0.3 is 15.5 Å². The lowest BCUT2D eigenvalue weighted by molar-refractivity contribution is -0.127. The molecule has 1 aliphatic rings. The largest absolute Gasteiger partial charge is 0.356 e. The van der Waals surface area contributed by atoms with Gasteiger partial charge in [0, 0.05) is 20.6 Å². The minimum Gasteiger partial charge on any atom is -0.356 e. The number of carbonyl (C=O) groups excluding carboxylic acids is 1. The molecule has 4 N–H and O–H groups in total. The third-order valence-corrected chi connectivity index (χ3v) is 6.68. The van der Waals surface area contributed by atoms with Crippen molar-refractivity contribution < 1.29 is 13.2 Å². The Kier molecular flexibility index (Phi) is 8.25. The number of nitrogens with zero attached hydrogens (tertiary/aromatic N) is 2. The second kappa shape index (κ2) is 10.3. The molecule has 0 bridgehead atoms. The summed E-state index contributed by atoms with van der Waals surface area (Å²) in [6, 6.07) is 6.32. The number of amides is 1. The number of sulfonamides is 1. The van der Waals surface area contributed by atoms with Crippen LogP contribution in [-0.2, 0) is 21.4 Å². The topological polar surface area (TPSA) is 117 Å². The van der Waals surface area contributed by atoms with Crippen LogP contribution in [0.15, 0.2) is 34.2 Å². The third kappa shape index (κ3) is 7.28. The van der Waals surface area contributed by atoms with Crippen LogP contribution in [0.3, 0.4) is 0 Å². The van der Waals surface area contributed by atoms with Gasteiger partial charge in [-0.05, 0) is 41.9 Å². The minimum absolute atomic E-state index is 0.0444. The normalized spacial score (nSPS) is 15.8. The van der Waals surface area contributed by atoms with E-state index in [2.05, 4.69) is 29.5 Å². The minimum atomic E-state index is -3.71. The highest BCUT2D eigenvalue weighted by atomic mass is 32.2. The number of carbonyl (C=O) groups is 1. The van der Waals surface area contributed by atoms with Crippen molar-refractivity contribution in [2.75, 3.05) is 27.2 Å². The van der Waals surface area contributed by atoms with E-state index < -0.39 is 10.0 Å². The molecular formula is C21H35N5O3S. The van der Waals surface area contributed by atoms with Crippen LogP contribution in [0.4, 0.5) is 0 Å². The van der Waals surface area contributed by atoms with E-state index in [4.69, 9.17) is 5.14 Å². The first-order chi connectivity index (χ1) is 14.0. The van der Waals surface area contributed by atoms with E-state index in [0.29, 0.717) is 18.4 Å². The molecule has 0 atom stereocenters. The van der Waals surface area contributed by atoms with Crippen molar-refractivity contribution in [1.82, 2.24) is 15.5 Å². The van der Waals surface area contributed by atoms with E-state index in [1.54, 1.807) is 26.2 Å². The van der Waals surface area contributed by atoms with Crippen LogP contribution in [-0.4, -0.2) is 52.4 Å². The van der Waals surface area contributed by atoms with Gasteiger partial charge in [0.05, 0.1) is 18.0 Å². The van der Waals surface area contributed by atoms with E-state index >= 15 is 0 Å². The summed E-state index contributed by atoms with van der Waals surface area (Å²) in [4.78, 5) is 18.2. The molecule has 1 aliphatic carbocycles. The summed E-state index contributed by atoms with van der Waals surface area (Å²) in [7, 11) is -0.287. The first-order valence-electron chi connectivity index (χ1n) is 10.3. The van der Waals surface area contributed by atoms with Gasteiger partial charge in [-0.2, -0.15) is 0 Å². The molecule has 30 heavy (non-hydrogen) atoms. The fourth-order valence-corrected chi connectivity index (χ4v) is 4.13. The van der Waals surface area contributed by atoms with E-state index in [9.17, 15) is 13.2 Å². The molecule has 0 aliphatic heterocycles. The van der Waals surface area contributed by atoms with Gasteiger partial charge in [0.25, 0.3) is 0 Å². The molecule has 0 aromatic heterocycles. The quantitative estimate of drug-likeness (QED) is 0.422. The summed E-state index contributed by atoms with van der Waals surface area (Å²) in [5, 5.41) is 11.6. The number of nitrogens with two attached hydrogens (primary N) is 1. The highest BCUT2D eigenvalue weighted by Crippen LogP contribution is 2.38. The second-order valence-electron chi connectivity index (χ2n) is 8.82. The molecule has 0 unspecified atom stereocenters. The number of likely N-dealkylation sites (N-methyl/N-ethyl adjacent to an activating group) is 1. The summed E-state index contributed by atoms with van der Waals surface area (Å²) in [5.41, 5.74) is 0.972. The second-order valence-corrected chi connectivity index (χ2v) is 10.4. The predicted molar refractivity (Wildman–Crippen MR) is 119 cm³/mol. The van der Waals surface area contributed by atoms with E-state index in [1.807, 2.05) is 0 Å². The number of guanidine groups is 1. The maximum atomic E-state index is 12.0. The fraction of sp³-hybridized carbons (Fsp3) is 0.619. The van der Waals surface area contributed by atoms with Crippen LogP contribution < -0.4 is 15.8 Å². The molecule has 0 spiro atoms. The van der Waals surface area contributed by atoms with Crippen LogP contribution >= 0.6 is 0 Å². The van der Waals surface area contributed by atoms with Crippen LogP contribution in [0.5, 0.6) is 0 Å². The predicted octanol–water partition coefficient (Wildman–Crippen LogP) is 1.67. The molecule has 1 aromatic rings. The first-order valence-corrected chi connectivity index (χ1v) is 11.9. The standard InChI is InChI=1S/C21H35N5O3S/c1-21(2,17-7-5-6-8-17)15-25-20(24-14-19(27)26(3)4)23-13-16-9-11-18(12-10-16)30(22,28)29/h9-12,17H,5-8,13-15H2,1-4H3,(H2,22,28,29)(H2,23,24,25). The maximum absolute atomic E-state index is 12.0. The van der Waals surface area contributed by atoms with Gasteiger partial charge in [-0.15, -0.1) is 0 Å². The van der Waals surface area contributed by atoms with E-state index in [0.717, 1.165) is 12.1 Å². The Balaban J connectivity index is 2.06. The van der Waals surface area contributed by atoms with Crippen molar-refractivity contribution in [3.8, 4) is 0 Å². The number of rotatable bonds is 8. The van der Waals surface area contributed by atoms with Crippen LogP contribution in [0, 0.1) is 11.3 Å². The number of hydrogen-bond donors (Lipinski definition) is 3. The zero-order chi connectivity index (χ0) is 22.4. The lowest BCUT2D eigenvalue weighted by Gasteiger charge is -2.32. The monoisotopic (exact) mass is 437 g/mol. The van der Waals surface area contributed by atoms with Gasteiger partial charge in [0.2, 0.25) is 15.9 Å². The summed E-state index contributed by atoms with van der Waals surface area (Å²) in [6.45, 7) is 5.78. The lowest BCUT2D eigenvalue weighted by Crippen LogP contribution is -2.46. The average molecular weight is 438 g/mol. The Morgan fingerprint density at radius 3 is 2.30 bits per heavy atom. The average Bonchev–Trinajstić information content (AvgIpc) is 3.22. The lowest BCUT2D eigenvalue weighted by atomic mass is 9.78. The number of primary sulfonamides is 1. The SMILES string of the molecule is CN(C)C(=O)CNC(=NCc1ccc(S(N)(=O)=O)cc1)NCC(C)(C)C1CCCC1. The van der Waals surface area contributed by atoms with Crippen molar-refractivity contribution in [2.24, 2.45) is 21.5 Å².